The minimum absolute atomic E-state index is 0.359. The summed E-state index contributed by atoms with van der Waals surface area (Å²) in [6.07, 6.45) is 7.92. The second-order valence-electron chi connectivity index (χ2n) is 6.05. The van der Waals surface area contributed by atoms with E-state index in [1.165, 1.54) is 38.5 Å². The van der Waals surface area contributed by atoms with Crippen LogP contribution < -0.4 is 5.32 Å². The van der Waals surface area contributed by atoms with E-state index in [4.69, 9.17) is 4.42 Å². The zero-order valence-electron chi connectivity index (χ0n) is 12.1. The van der Waals surface area contributed by atoms with Gasteiger partial charge in [0, 0.05) is 0 Å². The van der Waals surface area contributed by atoms with Crippen molar-refractivity contribution in [3.63, 3.8) is 0 Å². The van der Waals surface area contributed by atoms with Crippen molar-refractivity contribution in [3.05, 3.63) is 23.7 Å². The average Bonchev–Trinajstić information content (AvgIpc) is 2.77. The molecule has 18 heavy (non-hydrogen) atoms. The molecule has 2 heteroatoms. The maximum atomic E-state index is 5.90. The Kier molecular flexibility index (Phi) is 4.50. The molecule has 2 rings (SSSR count). The molecule has 1 saturated carbocycles. The summed E-state index contributed by atoms with van der Waals surface area (Å²) in [5.41, 5.74) is 0.359. The van der Waals surface area contributed by atoms with Crippen LogP contribution in [0.15, 0.2) is 16.5 Å². The second-order valence-corrected chi connectivity index (χ2v) is 6.05. The highest BCUT2D eigenvalue weighted by Crippen LogP contribution is 2.45. The lowest BCUT2D eigenvalue weighted by molar-refractivity contribution is 0.128. The molecule has 1 N–H and O–H groups in total. The van der Waals surface area contributed by atoms with E-state index in [0.29, 0.717) is 11.5 Å². The zero-order valence-corrected chi connectivity index (χ0v) is 12.1. The Balaban J connectivity index is 2.18. The molecule has 1 aliphatic rings. The van der Waals surface area contributed by atoms with Crippen molar-refractivity contribution >= 4 is 0 Å². The van der Waals surface area contributed by atoms with Gasteiger partial charge in [-0.15, -0.1) is 0 Å². The van der Waals surface area contributed by atoms with Crippen molar-refractivity contribution in [2.24, 2.45) is 5.41 Å². The van der Waals surface area contributed by atoms with Crippen LogP contribution in [-0.4, -0.2) is 6.54 Å². The summed E-state index contributed by atoms with van der Waals surface area (Å²) in [6, 6.07) is 4.62. The molecule has 1 fully saturated rings. The third kappa shape index (κ3) is 2.97. The molecule has 102 valence electrons. The smallest absolute Gasteiger partial charge is 0.121 e. The highest BCUT2D eigenvalue weighted by Gasteiger charge is 2.37. The number of aryl methyl sites for hydroxylation is 1. The third-order valence-corrected chi connectivity index (χ3v) is 4.34. The zero-order chi connectivity index (χ0) is 13.0. The fourth-order valence-electron chi connectivity index (χ4n) is 3.24. The monoisotopic (exact) mass is 249 g/mol. The SMILES string of the molecule is CCCNC(c1ccc(C)o1)C1(C)CCCCC1. The van der Waals surface area contributed by atoms with Crippen LogP contribution in [0.5, 0.6) is 0 Å². The van der Waals surface area contributed by atoms with Crippen LogP contribution in [0, 0.1) is 12.3 Å². The number of rotatable bonds is 5. The van der Waals surface area contributed by atoms with E-state index in [2.05, 4.69) is 31.3 Å². The van der Waals surface area contributed by atoms with E-state index < -0.39 is 0 Å². The molecule has 1 atom stereocenters. The summed E-state index contributed by atoms with van der Waals surface area (Å²) in [5, 5.41) is 3.72. The van der Waals surface area contributed by atoms with Gasteiger partial charge in [0.15, 0.2) is 0 Å². The molecular weight excluding hydrogens is 222 g/mol. The molecule has 1 heterocycles. The van der Waals surface area contributed by atoms with Gasteiger partial charge in [-0.25, -0.2) is 0 Å². The maximum Gasteiger partial charge on any atom is 0.121 e. The Morgan fingerprint density at radius 3 is 2.56 bits per heavy atom. The summed E-state index contributed by atoms with van der Waals surface area (Å²) in [5.74, 6) is 2.15. The predicted octanol–water partition coefficient (Wildman–Crippen LogP) is 4.60. The quantitative estimate of drug-likeness (QED) is 0.825. The Morgan fingerprint density at radius 2 is 2.00 bits per heavy atom. The van der Waals surface area contributed by atoms with Gasteiger partial charge in [0.25, 0.3) is 0 Å². The van der Waals surface area contributed by atoms with Gasteiger partial charge >= 0.3 is 0 Å². The molecule has 2 nitrogen and oxygen atoms in total. The summed E-state index contributed by atoms with van der Waals surface area (Å²) in [6.45, 7) is 7.75. The van der Waals surface area contributed by atoms with Crippen LogP contribution in [0.4, 0.5) is 0 Å². The van der Waals surface area contributed by atoms with Gasteiger partial charge in [-0.05, 0) is 50.3 Å². The molecule has 1 aliphatic carbocycles. The van der Waals surface area contributed by atoms with E-state index >= 15 is 0 Å². The molecule has 0 aliphatic heterocycles. The summed E-state index contributed by atoms with van der Waals surface area (Å²) < 4.78 is 5.90. The van der Waals surface area contributed by atoms with Crippen LogP contribution >= 0.6 is 0 Å². The van der Waals surface area contributed by atoms with E-state index in [1.54, 1.807) is 0 Å². The molecule has 0 bridgehead atoms. The Labute approximate surface area is 111 Å². The molecule has 1 aromatic heterocycles. The van der Waals surface area contributed by atoms with Crippen LogP contribution in [-0.2, 0) is 0 Å². The van der Waals surface area contributed by atoms with Crippen LogP contribution in [0.3, 0.4) is 0 Å². The minimum atomic E-state index is 0.359. The lowest BCUT2D eigenvalue weighted by atomic mass is 9.70. The topological polar surface area (TPSA) is 25.2 Å². The second kappa shape index (κ2) is 5.92. The first-order valence-corrected chi connectivity index (χ1v) is 7.45. The molecule has 0 saturated heterocycles. The predicted molar refractivity (Wildman–Crippen MR) is 75.7 cm³/mol. The van der Waals surface area contributed by atoms with E-state index in [-0.39, 0.29) is 0 Å². The molecule has 1 aromatic rings. The Bertz CT molecular complexity index is 363. The van der Waals surface area contributed by atoms with Gasteiger partial charge in [0.05, 0.1) is 6.04 Å². The summed E-state index contributed by atoms with van der Waals surface area (Å²) in [7, 11) is 0. The summed E-state index contributed by atoms with van der Waals surface area (Å²) in [4.78, 5) is 0. The lowest BCUT2D eigenvalue weighted by Gasteiger charge is -2.40. The third-order valence-electron chi connectivity index (χ3n) is 4.34. The minimum Gasteiger partial charge on any atom is -0.465 e. The largest absolute Gasteiger partial charge is 0.465 e. The lowest BCUT2D eigenvalue weighted by Crippen LogP contribution is -2.38. The first-order chi connectivity index (χ1) is 8.65. The average molecular weight is 249 g/mol. The van der Waals surface area contributed by atoms with Gasteiger partial charge in [0.2, 0.25) is 0 Å². The van der Waals surface area contributed by atoms with Crippen LogP contribution in [0.25, 0.3) is 0 Å². The van der Waals surface area contributed by atoms with Gasteiger partial charge in [-0.1, -0.05) is 33.1 Å². The van der Waals surface area contributed by atoms with Crippen molar-refractivity contribution in [3.8, 4) is 0 Å². The molecule has 0 amide bonds. The Morgan fingerprint density at radius 1 is 1.28 bits per heavy atom. The first kappa shape index (κ1) is 13.7. The van der Waals surface area contributed by atoms with Crippen molar-refractivity contribution in [2.75, 3.05) is 6.54 Å². The molecule has 1 unspecified atom stereocenters. The van der Waals surface area contributed by atoms with Crippen LogP contribution in [0.2, 0.25) is 0 Å². The Hall–Kier alpha value is -0.760. The van der Waals surface area contributed by atoms with Gasteiger partial charge in [-0.2, -0.15) is 0 Å². The van der Waals surface area contributed by atoms with Crippen molar-refractivity contribution in [2.45, 2.75) is 65.3 Å². The highest BCUT2D eigenvalue weighted by molar-refractivity contribution is 5.13. The summed E-state index contributed by atoms with van der Waals surface area (Å²) >= 11 is 0. The fraction of sp³-hybridized carbons (Fsp3) is 0.750. The van der Waals surface area contributed by atoms with Crippen LogP contribution in [0.1, 0.15) is 69.9 Å². The van der Waals surface area contributed by atoms with Crippen molar-refractivity contribution in [1.29, 1.82) is 0 Å². The van der Waals surface area contributed by atoms with Crippen molar-refractivity contribution < 1.29 is 4.42 Å². The number of furan rings is 1. The van der Waals surface area contributed by atoms with E-state index in [0.717, 1.165) is 18.1 Å². The first-order valence-electron chi connectivity index (χ1n) is 7.45. The fourth-order valence-corrected chi connectivity index (χ4v) is 3.24. The molecule has 0 spiro atoms. The standard InChI is InChI=1S/C16H27NO/c1-4-12-17-15(14-9-8-13(2)18-14)16(3)10-6-5-7-11-16/h8-9,15,17H,4-7,10-12H2,1-3H3. The molecular formula is C16H27NO. The number of hydrogen-bond acceptors (Lipinski definition) is 2. The van der Waals surface area contributed by atoms with Gasteiger partial charge in [0.1, 0.15) is 11.5 Å². The molecule has 0 radical (unpaired) electrons. The number of nitrogens with one attached hydrogen (secondary N) is 1. The van der Waals surface area contributed by atoms with Gasteiger partial charge < -0.3 is 9.73 Å². The number of hydrogen-bond donors (Lipinski definition) is 1. The normalized spacial score (nSPS) is 20.8. The van der Waals surface area contributed by atoms with E-state index in [9.17, 15) is 0 Å². The van der Waals surface area contributed by atoms with Gasteiger partial charge in [-0.3, -0.25) is 0 Å². The maximum absolute atomic E-state index is 5.90. The van der Waals surface area contributed by atoms with E-state index in [1.807, 2.05) is 6.92 Å². The van der Waals surface area contributed by atoms with Crippen molar-refractivity contribution in [1.82, 2.24) is 5.32 Å². The highest BCUT2D eigenvalue weighted by atomic mass is 16.3. The molecule has 0 aromatic carbocycles.